The fourth-order valence-corrected chi connectivity index (χ4v) is 6.07. The molecule has 4 unspecified atom stereocenters. The number of imide groups is 1. The van der Waals surface area contributed by atoms with Crippen molar-refractivity contribution in [2.24, 2.45) is 0 Å². The zero-order valence-electron chi connectivity index (χ0n) is 27.4. The van der Waals surface area contributed by atoms with E-state index in [0.717, 1.165) is 18.2 Å². The average Bonchev–Trinajstić information content (AvgIpc) is 3.16. The van der Waals surface area contributed by atoms with Crippen molar-refractivity contribution in [3.05, 3.63) is 70.8 Å². The summed E-state index contributed by atoms with van der Waals surface area (Å²) in [6, 6.07) is 3.59. The molecule has 3 heterocycles. The molecule has 4 atom stereocenters. The molecule has 4 rings (SSSR count). The van der Waals surface area contributed by atoms with Gasteiger partial charge in [-0.05, 0) is 42.5 Å². The quantitative estimate of drug-likeness (QED) is 0.0423. The van der Waals surface area contributed by atoms with Gasteiger partial charge in [0, 0.05) is 18.7 Å². The van der Waals surface area contributed by atoms with Crippen LogP contribution in [0.4, 0.5) is 4.39 Å². The Bertz CT molecular complexity index is 1620. The molecule has 0 saturated carbocycles. The summed E-state index contributed by atoms with van der Waals surface area (Å²) in [5.74, 6) is -14.3. The SMILES string of the molecule is BC(B)(c1ccc(C(O)(O)OC(/C=C\CC)=C2/C(=C)C(=O)N(C3(O)C(=O)NC(=O)C(B)(O)C3(B)O)C2(O)O)c(F)c1)N1CCOC(C)C1. The first-order valence-electron chi connectivity index (χ1n) is 15.1. The number of amides is 3. The number of nitrogens with zero attached hydrogens (tertiary/aromatic N) is 2. The molecule has 0 radical (unpaired) electrons. The van der Waals surface area contributed by atoms with Crippen LogP contribution in [0.1, 0.15) is 31.4 Å². The van der Waals surface area contributed by atoms with Crippen molar-refractivity contribution in [2.75, 3.05) is 19.7 Å². The monoisotopic (exact) mass is 671 g/mol. The van der Waals surface area contributed by atoms with Gasteiger partial charge in [-0.25, -0.2) is 9.29 Å². The summed E-state index contributed by atoms with van der Waals surface area (Å²) in [5, 5.41) is 79.1. The highest BCUT2D eigenvalue weighted by molar-refractivity contribution is 6.40. The normalized spacial score (nSPS) is 31.4. The Balaban J connectivity index is 1.80. The van der Waals surface area contributed by atoms with Crippen LogP contribution in [0, 0.1) is 5.82 Å². The molecule has 3 saturated heterocycles. The van der Waals surface area contributed by atoms with Crippen LogP contribution in [0.25, 0.3) is 0 Å². The lowest BCUT2D eigenvalue weighted by Crippen LogP contribution is -2.87. The lowest BCUT2D eigenvalue weighted by atomic mass is 9.51. The number of carbonyl (C=O) groups is 3. The zero-order valence-corrected chi connectivity index (χ0v) is 27.4. The summed E-state index contributed by atoms with van der Waals surface area (Å²) in [6.07, 6.45) is 2.47. The van der Waals surface area contributed by atoms with E-state index in [1.54, 1.807) is 12.2 Å². The summed E-state index contributed by atoms with van der Waals surface area (Å²) in [5.41, 5.74) is -12.3. The Hall–Kier alpha value is -3.32. The highest BCUT2D eigenvalue weighted by Crippen LogP contribution is 2.47. The maximum Gasteiger partial charge on any atom is 0.354 e. The first-order valence-corrected chi connectivity index (χ1v) is 15.1. The summed E-state index contributed by atoms with van der Waals surface area (Å²) in [7, 11) is 5.03. The minimum Gasteiger partial charge on any atom is -0.435 e. The van der Waals surface area contributed by atoms with Gasteiger partial charge in [0.25, 0.3) is 23.6 Å². The van der Waals surface area contributed by atoms with Gasteiger partial charge < -0.3 is 50.1 Å². The molecule has 0 aromatic heterocycles. The Morgan fingerprint density at radius 1 is 1.17 bits per heavy atom. The van der Waals surface area contributed by atoms with Crippen LogP contribution < -0.4 is 5.32 Å². The molecule has 8 N–H and O–H groups in total. The fraction of sp³-hybridized carbons (Fsp3) is 0.464. The molecule has 0 bridgehead atoms. The summed E-state index contributed by atoms with van der Waals surface area (Å²) in [4.78, 5) is 40.5. The van der Waals surface area contributed by atoms with Crippen LogP contribution in [0.5, 0.6) is 0 Å². The molecule has 20 heteroatoms. The summed E-state index contributed by atoms with van der Waals surface area (Å²) in [6.45, 7) is 8.61. The number of carbonyl (C=O) groups excluding carboxylic acids is 3. The van der Waals surface area contributed by atoms with E-state index in [4.69, 9.17) is 9.47 Å². The molecule has 0 aliphatic carbocycles. The number of halogens is 1. The topological polar surface area (TPSA) is 230 Å². The molecule has 3 aliphatic rings. The molecular weight excluding hydrogens is 633 g/mol. The highest BCUT2D eigenvalue weighted by Gasteiger charge is 2.75. The van der Waals surface area contributed by atoms with Crippen LogP contribution >= 0.6 is 0 Å². The smallest absolute Gasteiger partial charge is 0.354 e. The number of piperidine rings is 1. The lowest BCUT2D eigenvalue weighted by Gasteiger charge is -2.55. The maximum atomic E-state index is 15.7. The molecule has 1 aromatic carbocycles. The van der Waals surface area contributed by atoms with Gasteiger partial charge in [0.2, 0.25) is 5.72 Å². The van der Waals surface area contributed by atoms with Crippen molar-refractivity contribution in [3.63, 3.8) is 0 Å². The number of hydrogen-bond acceptors (Lipinski definition) is 13. The van der Waals surface area contributed by atoms with Crippen molar-refractivity contribution in [2.45, 2.75) is 60.3 Å². The first-order chi connectivity index (χ1) is 21.9. The van der Waals surface area contributed by atoms with Crippen LogP contribution in [-0.4, -0.2) is 143 Å². The van der Waals surface area contributed by atoms with Crippen LogP contribution in [0.2, 0.25) is 0 Å². The molecule has 3 fully saturated rings. The van der Waals surface area contributed by atoms with Gasteiger partial charge >= 0.3 is 5.97 Å². The molecule has 15 nitrogen and oxygen atoms in total. The summed E-state index contributed by atoms with van der Waals surface area (Å²) >= 11 is 0. The minimum atomic E-state index is -3.84. The molecule has 3 amide bonds. The zero-order chi connectivity index (χ0) is 36.4. The van der Waals surface area contributed by atoms with Crippen molar-refractivity contribution < 1.29 is 64.0 Å². The van der Waals surface area contributed by atoms with E-state index in [0.29, 0.717) is 41.0 Å². The first kappa shape index (κ1) is 37.5. The van der Waals surface area contributed by atoms with Gasteiger partial charge in [-0.2, -0.15) is 0 Å². The molecule has 256 valence electrons. The highest BCUT2D eigenvalue weighted by atomic mass is 19.1. The van der Waals surface area contributed by atoms with Gasteiger partial charge in [-0.3, -0.25) is 19.7 Å². The Kier molecular flexibility index (Phi) is 9.55. The fourth-order valence-electron chi connectivity index (χ4n) is 6.07. The van der Waals surface area contributed by atoms with E-state index in [1.165, 1.54) is 12.1 Å². The number of allylic oxidation sites excluding steroid dienone is 2. The lowest BCUT2D eigenvalue weighted by molar-refractivity contribution is -0.336. The van der Waals surface area contributed by atoms with E-state index in [2.05, 4.69) is 11.5 Å². The van der Waals surface area contributed by atoms with E-state index in [1.807, 2.05) is 22.6 Å². The average molecular weight is 671 g/mol. The van der Waals surface area contributed by atoms with Crippen LogP contribution in [-0.2, 0) is 35.2 Å². The third-order valence-corrected chi connectivity index (χ3v) is 9.41. The molecular formula is C28H38B4FN3O12. The minimum absolute atomic E-state index is 0.0611. The second kappa shape index (κ2) is 12.2. The molecule has 1 aromatic rings. The Morgan fingerprint density at radius 2 is 1.79 bits per heavy atom. The number of rotatable bonds is 8. The third kappa shape index (κ3) is 5.64. The van der Waals surface area contributed by atoms with Gasteiger partial charge in [0.15, 0.2) is 15.7 Å². The van der Waals surface area contributed by atoms with Gasteiger partial charge in [-0.1, -0.05) is 25.6 Å². The Morgan fingerprint density at radius 3 is 2.35 bits per heavy atom. The van der Waals surface area contributed by atoms with Crippen LogP contribution in [0.15, 0.2) is 53.8 Å². The number of ether oxygens (including phenoxy) is 2. The van der Waals surface area contributed by atoms with Crippen molar-refractivity contribution in [3.8, 4) is 0 Å². The number of morpholine rings is 1. The number of likely N-dealkylation sites (tertiary alicyclic amines) is 1. The Labute approximate surface area is 278 Å². The maximum absolute atomic E-state index is 15.7. The molecule has 48 heavy (non-hydrogen) atoms. The second-order valence-corrected chi connectivity index (χ2v) is 13.0. The van der Waals surface area contributed by atoms with Gasteiger partial charge in [-0.15, -0.1) is 0 Å². The molecule has 0 spiro atoms. The predicted molar refractivity (Wildman–Crippen MR) is 174 cm³/mol. The van der Waals surface area contributed by atoms with E-state index < -0.39 is 80.0 Å². The number of benzene rings is 1. The third-order valence-electron chi connectivity index (χ3n) is 9.41. The van der Waals surface area contributed by atoms with E-state index in [-0.39, 0.29) is 17.4 Å². The van der Waals surface area contributed by atoms with Crippen LogP contribution in [0.3, 0.4) is 0 Å². The van der Waals surface area contributed by atoms with Gasteiger partial charge in [0.1, 0.15) is 38.3 Å². The van der Waals surface area contributed by atoms with Crippen molar-refractivity contribution in [1.82, 2.24) is 15.1 Å². The largest absolute Gasteiger partial charge is 0.435 e. The number of nitrogens with one attached hydrogen (secondary N) is 1. The van der Waals surface area contributed by atoms with Gasteiger partial charge in [0.05, 0.1) is 23.8 Å². The summed E-state index contributed by atoms with van der Waals surface area (Å²) < 4.78 is 26.6. The number of hydrogen-bond donors (Lipinski definition) is 8. The second-order valence-electron chi connectivity index (χ2n) is 13.0. The van der Waals surface area contributed by atoms with E-state index >= 15 is 4.39 Å². The van der Waals surface area contributed by atoms with Crippen molar-refractivity contribution >= 4 is 49.1 Å². The number of aliphatic hydroxyl groups is 7. The predicted octanol–water partition coefficient (Wildman–Crippen LogP) is -6.72. The van der Waals surface area contributed by atoms with E-state index in [9.17, 15) is 50.1 Å². The van der Waals surface area contributed by atoms with Crippen molar-refractivity contribution in [1.29, 1.82) is 0 Å². The standard InChI is InChI=1S/C28H38B4FN3O12/c1-4-5-6-18(48-27(44,45)16-8-7-15(11-17(16)33)25(30,31)35-9-10-47-13(2)12-35)19-14(3)20(37)36(26(19,42)43)24(41)22(39)34-21(38)23(29,40)28(24,32)46/h5-8,11,13,40-46H,3-4,9-10,12,29-32H2,1-2H3,(H,34,38,39)/b6-5-,19-18-. The molecule has 3 aliphatic heterocycles.